The average Bonchev–Trinajstić information content (AvgIpc) is 3.07. The van der Waals surface area contributed by atoms with Gasteiger partial charge in [0, 0.05) is 17.2 Å². The molecule has 1 aliphatic heterocycles. The summed E-state index contributed by atoms with van der Waals surface area (Å²) in [5.41, 5.74) is 1.47. The molecule has 0 fully saturated rings. The van der Waals surface area contributed by atoms with Gasteiger partial charge < -0.3 is 4.74 Å². The summed E-state index contributed by atoms with van der Waals surface area (Å²) in [4.78, 5) is 41.3. The summed E-state index contributed by atoms with van der Waals surface area (Å²) in [5, 5.41) is 11.3. The largest absolute Gasteiger partial charge is 0.466 e. The van der Waals surface area contributed by atoms with Crippen LogP contribution in [0, 0.1) is 10.1 Å². The van der Waals surface area contributed by atoms with E-state index in [1.807, 2.05) is 0 Å². The first-order chi connectivity index (χ1) is 15.3. The van der Waals surface area contributed by atoms with Crippen LogP contribution < -0.4 is 14.9 Å². The van der Waals surface area contributed by atoms with Gasteiger partial charge >= 0.3 is 5.97 Å². The molecular formula is C22H16ClN3O5S. The van der Waals surface area contributed by atoms with Gasteiger partial charge in [-0.3, -0.25) is 19.5 Å². The molecule has 0 unspecified atom stereocenters. The number of halogens is 1. The maximum Gasteiger partial charge on any atom is 0.338 e. The minimum absolute atomic E-state index is 0.0410. The standard InChI is InChI=1S/C22H16ClN3O5S/c1-12-18(21(28)31-2)19(15-5-3-4-6-16(15)23)25-20(27)17(32-22(25)24-12)11-13-7-9-14(10-8-13)26(29)30/h3-11,19H,1-2H3/b17-11+/t19-/m1/s1. The number of methoxy groups -OCH3 is 1. The van der Waals surface area contributed by atoms with Crippen molar-refractivity contribution in [3.63, 3.8) is 0 Å². The quantitative estimate of drug-likeness (QED) is 0.332. The number of rotatable bonds is 4. The molecule has 10 heteroatoms. The van der Waals surface area contributed by atoms with Crippen molar-refractivity contribution in [1.29, 1.82) is 0 Å². The topological polar surface area (TPSA) is 104 Å². The maximum atomic E-state index is 13.4. The lowest BCUT2D eigenvalue weighted by atomic mass is 9.96. The molecule has 162 valence electrons. The molecule has 32 heavy (non-hydrogen) atoms. The summed E-state index contributed by atoms with van der Waals surface area (Å²) in [6, 6.07) is 12.0. The Labute approximate surface area is 190 Å². The SMILES string of the molecule is COC(=O)C1=C(C)N=c2s/c(=C/c3ccc([N+](=O)[O-])cc3)c(=O)n2[C@@H]1c1ccccc1Cl. The lowest BCUT2D eigenvalue weighted by molar-refractivity contribution is -0.384. The van der Waals surface area contributed by atoms with Gasteiger partial charge in [0.1, 0.15) is 6.04 Å². The molecule has 0 bridgehead atoms. The van der Waals surface area contributed by atoms with Gasteiger partial charge in [0.15, 0.2) is 4.80 Å². The third kappa shape index (κ3) is 3.76. The Morgan fingerprint density at radius 1 is 1.25 bits per heavy atom. The highest BCUT2D eigenvalue weighted by Gasteiger charge is 2.34. The van der Waals surface area contributed by atoms with E-state index in [-0.39, 0.29) is 16.8 Å². The van der Waals surface area contributed by atoms with E-state index in [1.54, 1.807) is 49.4 Å². The zero-order chi connectivity index (χ0) is 23.0. The molecule has 1 aliphatic rings. The number of ether oxygens (including phenoxy) is 1. The van der Waals surface area contributed by atoms with Crippen LogP contribution in [-0.2, 0) is 9.53 Å². The van der Waals surface area contributed by atoms with Crippen molar-refractivity contribution < 1.29 is 14.5 Å². The first kappa shape index (κ1) is 21.7. The van der Waals surface area contributed by atoms with Crippen LogP contribution in [0.15, 0.2) is 69.6 Å². The van der Waals surface area contributed by atoms with Crippen molar-refractivity contribution in [1.82, 2.24) is 4.57 Å². The number of carbonyl (C=O) groups is 1. The summed E-state index contributed by atoms with van der Waals surface area (Å²) in [6.07, 6.45) is 1.63. The van der Waals surface area contributed by atoms with Crippen LogP contribution in [0.1, 0.15) is 24.1 Å². The molecule has 0 saturated carbocycles. The monoisotopic (exact) mass is 469 g/mol. The van der Waals surface area contributed by atoms with Crippen molar-refractivity contribution >= 4 is 40.7 Å². The van der Waals surface area contributed by atoms with Gasteiger partial charge in [0.2, 0.25) is 0 Å². The molecule has 0 amide bonds. The molecule has 0 radical (unpaired) electrons. The molecule has 0 N–H and O–H groups in total. The number of esters is 1. The number of allylic oxidation sites excluding steroid dienone is 1. The second kappa shape index (κ2) is 8.52. The summed E-state index contributed by atoms with van der Waals surface area (Å²) in [7, 11) is 1.27. The van der Waals surface area contributed by atoms with E-state index < -0.39 is 16.9 Å². The summed E-state index contributed by atoms with van der Waals surface area (Å²) >= 11 is 7.60. The van der Waals surface area contributed by atoms with Crippen molar-refractivity contribution in [2.75, 3.05) is 7.11 Å². The fourth-order valence-electron chi connectivity index (χ4n) is 3.53. The number of thiazole rings is 1. The average molecular weight is 470 g/mol. The molecule has 8 nitrogen and oxygen atoms in total. The molecule has 1 aromatic heterocycles. The lowest BCUT2D eigenvalue weighted by Crippen LogP contribution is -2.39. The Hall–Kier alpha value is -3.56. The highest BCUT2D eigenvalue weighted by atomic mass is 35.5. The normalized spacial score (nSPS) is 15.8. The summed E-state index contributed by atoms with van der Waals surface area (Å²) in [6.45, 7) is 1.68. The number of fused-ring (bicyclic) bond motifs is 1. The Morgan fingerprint density at radius 3 is 2.56 bits per heavy atom. The predicted molar refractivity (Wildman–Crippen MR) is 120 cm³/mol. The number of aromatic nitrogens is 1. The number of nitro groups is 1. The molecule has 4 rings (SSSR count). The van der Waals surface area contributed by atoms with Crippen molar-refractivity contribution in [3.05, 3.63) is 106 Å². The molecule has 2 heterocycles. The van der Waals surface area contributed by atoms with Gasteiger partial charge in [-0.2, -0.15) is 0 Å². The number of hydrogen-bond donors (Lipinski definition) is 0. The number of hydrogen-bond acceptors (Lipinski definition) is 7. The fraction of sp³-hybridized carbons (Fsp3) is 0.136. The van der Waals surface area contributed by atoms with Crippen LogP contribution in [0.5, 0.6) is 0 Å². The van der Waals surface area contributed by atoms with Crippen LogP contribution in [-0.4, -0.2) is 22.6 Å². The maximum absolute atomic E-state index is 13.4. The summed E-state index contributed by atoms with van der Waals surface area (Å²) < 4.78 is 6.77. The van der Waals surface area contributed by atoms with Crippen LogP contribution in [0.2, 0.25) is 5.02 Å². The van der Waals surface area contributed by atoms with E-state index in [0.717, 1.165) is 11.3 Å². The smallest absolute Gasteiger partial charge is 0.338 e. The van der Waals surface area contributed by atoms with Crippen molar-refractivity contribution in [3.8, 4) is 0 Å². The predicted octanol–water partition coefficient (Wildman–Crippen LogP) is 2.97. The molecule has 0 spiro atoms. The molecule has 1 atom stereocenters. The van der Waals surface area contributed by atoms with Gasteiger partial charge in [0.25, 0.3) is 11.2 Å². The van der Waals surface area contributed by atoms with E-state index in [1.165, 1.54) is 23.8 Å². The second-order valence-corrected chi connectivity index (χ2v) is 8.36. The Kier molecular flexibility index (Phi) is 5.77. The molecule has 3 aromatic rings. The van der Waals surface area contributed by atoms with Crippen molar-refractivity contribution in [2.24, 2.45) is 4.99 Å². The third-order valence-corrected chi connectivity index (χ3v) is 6.36. The van der Waals surface area contributed by atoms with Gasteiger partial charge in [0.05, 0.1) is 27.8 Å². The highest BCUT2D eigenvalue weighted by Crippen LogP contribution is 2.34. The van der Waals surface area contributed by atoms with Gasteiger partial charge in [-0.15, -0.1) is 0 Å². The van der Waals surface area contributed by atoms with Crippen LogP contribution >= 0.6 is 22.9 Å². The van der Waals surface area contributed by atoms with Crippen LogP contribution in [0.25, 0.3) is 6.08 Å². The number of nitrogens with zero attached hydrogens (tertiary/aromatic N) is 3. The van der Waals surface area contributed by atoms with Crippen molar-refractivity contribution in [2.45, 2.75) is 13.0 Å². The summed E-state index contributed by atoms with van der Waals surface area (Å²) in [5.74, 6) is -0.596. The van der Waals surface area contributed by atoms with Crippen LogP contribution in [0.4, 0.5) is 5.69 Å². The Balaban J connectivity index is 1.94. The number of nitro benzene ring substituents is 1. The van der Waals surface area contributed by atoms with Crippen LogP contribution in [0.3, 0.4) is 0 Å². The fourth-order valence-corrected chi connectivity index (χ4v) is 4.81. The molecular weight excluding hydrogens is 454 g/mol. The second-order valence-electron chi connectivity index (χ2n) is 6.94. The van der Waals surface area contributed by atoms with Gasteiger partial charge in [-0.1, -0.05) is 41.1 Å². The van der Waals surface area contributed by atoms with E-state index in [4.69, 9.17) is 16.3 Å². The van der Waals surface area contributed by atoms with Gasteiger partial charge in [-0.25, -0.2) is 9.79 Å². The lowest BCUT2D eigenvalue weighted by Gasteiger charge is -2.25. The van der Waals surface area contributed by atoms with E-state index in [9.17, 15) is 19.7 Å². The number of non-ortho nitro benzene ring substituents is 1. The Bertz CT molecular complexity index is 1450. The highest BCUT2D eigenvalue weighted by molar-refractivity contribution is 7.07. The Morgan fingerprint density at radius 2 is 1.94 bits per heavy atom. The third-order valence-electron chi connectivity index (χ3n) is 5.03. The van der Waals surface area contributed by atoms with E-state index in [2.05, 4.69) is 4.99 Å². The van der Waals surface area contributed by atoms with E-state index >= 15 is 0 Å². The zero-order valence-corrected chi connectivity index (χ0v) is 18.5. The van der Waals surface area contributed by atoms with E-state index in [0.29, 0.717) is 31.2 Å². The minimum Gasteiger partial charge on any atom is -0.466 e. The zero-order valence-electron chi connectivity index (χ0n) is 16.9. The first-order valence-corrected chi connectivity index (χ1v) is 10.6. The number of carbonyl (C=O) groups excluding carboxylic acids is 1. The van der Waals surface area contributed by atoms with Gasteiger partial charge in [-0.05, 0) is 42.3 Å². The minimum atomic E-state index is -0.800. The molecule has 0 saturated heterocycles. The molecule has 2 aromatic carbocycles. The first-order valence-electron chi connectivity index (χ1n) is 9.41. The molecule has 0 aliphatic carbocycles. The number of benzene rings is 2.